The van der Waals surface area contributed by atoms with Crippen LogP contribution >= 0.6 is 0 Å². The lowest BCUT2D eigenvalue weighted by Gasteiger charge is -2.28. The van der Waals surface area contributed by atoms with E-state index < -0.39 is 5.97 Å². The van der Waals surface area contributed by atoms with Gasteiger partial charge in [0.05, 0.1) is 0 Å². The number of aliphatic carboxylic acids is 1. The number of hydrogen-bond donors (Lipinski definition) is 1. The van der Waals surface area contributed by atoms with Crippen LogP contribution in [0.15, 0.2) is 0 Å². The van der Waals surface area contributed by atoms with Crippen LogP contribution in [0.5, 0.6) is 0 Å². The van der Waals surface area contributed by atoms with E-state index in [2.05, 4.69) is 4.90 Å². The number of carboxylic acid groups (broad SMARTS) is 1. The minimum absolute atomic E-state index is 0.0603. The largest absolute Gasteiger partial charge is 0.481 e. The zero-order valence-electron chi connectivity index (χ0n) is 7.82. The minimum Gasteiger partial charge on any atom is -0.481 e. The third kappa shape index (κ3) is 3.14. The lowest BCUT2D eigenvalue weighted by atomic mass is 9.92. The van der Waals surface area contributed by atoms with E-state index in [-0.39, 0.29) is 18.1 Å². The zero-order valence-corrected chi connectivity index (χ0v) is 7.82. The van der Waals surface area contributed by atoms with Gasteiger partial charge in [-0.05, 0) is 13.5 Å². The Morgan fingerprint density at radius 1 is 1.69 bits per heavy atom. The molecule has 4 nitrogen and oxygen atoms in total. The molecular formula is C9H15NO3. The predicted molar refractivity (Wildman–Crippen MR) is 47.5 cm³/mol. The average molecular weight is 185 g/mol. The number of nitrogens with zero attached hydrogens (tertiary/aromatic N) is 1. The molecule has 0 radical (unpaired) electrons. The monoisotopic (exact) mass is 185 g/mol. The standard InChI is InChI=1S/C9H15NO3/c1-10-5-4-8(11)7(6-10)2-3-9(12)13/h7H,2-6H2,1H3,(H,12,13). The van der Waals surface area contributed by atoms with Gasteiger partial charge in [0.15, 0.2) is 0 Å². The minimum atomic E-state index is -0.818. The van der Waals surface area contributed by atoms with Crippen molar-refractivity contribution in [2.75, 3.05) is 20.1 Å². The Kier molecular flexibility index (Phi) is 3.42. The van der Waals surface area contributed by atoms with Crippen LogP contribution < -0.4 is 0 Å². The molecule has 1 heterocycles. The molecule has 0 amide bonds. The number of carbonyl (C=O) groups excluding carboxylic acids is 1. The molecule has 0 spiro atoms. The first-order chi connectivity index (χ1) is 6.09. The first kappa shape index (κ1) is 10.2. The highest BCUT2D eigenvalue weighted by molar-refractivity contribution is 5.82. The number of carbonyl (C=O) groups is 2. The first-order valence-electron chi connectivity index (χ1n) is 4.52. The van der Waals surface area contributed by atoms with Crippen molar-refractivity contribution in [2.24, 2.45) is 5.92 Å². The number of carboxylic acids is 1. The van der Waals surface area contributed by atoms with Crippen molar-refractivity contribution in [1.82, 2.24) is 4.90 Å². The summed E-state index contributed by atoms with van der Waals surface area (Å²) < 4.78 is 0. The van der Waals surface area contributed by atoms with E-state index in [4.69, 9.17) is 5.11 Å². The van der Waals surface area contributed by atoms with Gasteiger partial charge in [-0.3, -0.25) is 9.59 Å². The molecule has 0 aromatic carbocycles. The summed E-state index contributed by atoms with van der Waals surface area (Å²) in [5.74, 6) is -0.657. The Bertz CT molecular complexity index is 215. The fraction of sp³-hybridized carbons (Fsp3) is 0.778. The maximum Gasteiger partial charge on any atom is 0.303 e. The molecule has 1 aliphatic heterocycles. The molecule has 1 unspecified atom stereocenters. The molecule has 0 aromatic heterocycles. The van der Waals surface area contributed by atoms with Crippen LogP contribution in [-0.4, -0.2) is 41.9 Å². The summed E-state index contributed by atoms with van der Waals surface area (Å²) in [5.41, 5.74) is 0. The Hall–Kier alpha value is -0.900. The second kappa shape index (κ2) is 4.37. The zero-order chi connectivity index (χ0) is 9.84. The van der Waals surface area contributed by atoms with Crippen LogP contribution in [0.4, 0.5) is 0 Å². The average Bonchev–Trinajstić information content (AvgIpc) is 2.06. The second-order valence-electron chi connectivity index (χ2n) is 3.61. The van der Waals surface area contributed by atoms with Gasteiger partial charge in [0.25, 0.3) is 0 Å². The number of piperidine rings is 1. The molecule has 1 N–H and O–H groups in total. The van der Waals surface area contributed by atoms with Gasteiger partial charge in [-0.25, -0.2) is 0 Å². The summed E-state index contributed by atoms with van der Waals surface area (Å²) in [6.45, 7) is 1.52. The normalized spacial score (nSPS) is 24.7. The number of Topliss-reactive ketones (excluding diaryl/α,β-unsaturated/α-hetero) is 1. The summed E-state index contributed by atoms with van der Waals surface area (Å²) in [6, 6.07) is 0. The van der Waals surface area contributed by atoms with E-state index in [0.717, 1.165) is 6.54 Å². The number of rotatable bonds is 3. The molecular weight excluding hydrogens is 170 g/mol. The number of hydrogen-bond acceptors (Lipinski definition) is 3. The smallest absolute Gasteiger partial charge is 0.303 e. The van der Waals surface area contributed by atoms with Crippen LogP contribution in [-0.2, 0) is 9.59 Å². The maximum absolute atomic E-state index is 11.3. The SMILES string of the molecule is CN1CCC(=O)C(CCC(=O)O)C1. The van der Waals surface area contributed by atoms with Gasteiger partial charge in [-0.2, -0.15) is 0 Å². The first-order valence-corrected chi connectivity index (χ1v) is 4.52. The molecule has 74 valence electrons. The lowest BCUT2D eigenvalue weighted by molar-refractivity contribution is -0.137. The fourth-order valence-corrected chi connectivity index (χ4v) is 1.62. The molecule has 0 saturated carbocycles. The summed E-state index contributed by atoms with van der Waals surface area (Å²) in [6.07, 6.45) is 1.16. The Balaban J connectivity index is 2.37. The van der Waals surface area contributed by atoms with E-state index in [0.29, 0.717) is 19.4 Å². The summed E-state index contributed by atoms with van der Waals surface area (Å²) in [4.78, 5) is 23.7. The van der Waals surface area contributed by atoms with E-state index >= 15 is 0 Å². The van der Waals surface area contributed by atoms with E-state index in [1.165, 1.54) is 0 Å². The highest BCUT2D eigenvalue weighted by Gasteiger charge is 2.25. The van der Waals surface area contributed by atoms with Crippen molar-refractivity contribution in [1.29, 1.82) is 0 Å². The van der Waals surface area contributed by atoms with Crippen LogP contribution in [0.3, 0.4) is 0 Å². The third-order valence-electron chi connectivity index (χ3n) is 2.43. The quantitative estimate of drug-likeness (QED) is 0.690. The summed E-state index contributed by atoms with van der Waals surface area (Å²) >= 11 is 0. The van der Waals surface area contributed by atoms with E-state index in [9.17, 15) is 9.59 Å². The molecule has 13 heavy (non-hydrogen) atoms. The second-order valence-corrected chi connectivity index (χ2v) is 3.61. The van der Waals surface area contributed by atoms with Gasteiger partial charge >= 0.3 is 5.97 Å². The van der Waals surface area contributed by atoms with Crippen molar-refractivity contribution in [2.45, 2.75) is 19.3 Å². The molecule has 1 aliphatic rings. The maximum atomic E-state index is 11.3. The van der Waals surface area contributed by atoms with Crippen molar-refractivity contribution in [3.8, 4) is 0 Å². The lowest BCUT2D eigenvalue weighted by Crippen LogP contribution is -2.38. The summed E-state index contributed by atoms with van der Waals surface area (Å²) in [7, 11) is 1.96. The third-order valence-corrected chi connectivity index (χ3v) is 2.43. The van der Waals surface area contributed by atoms with Crippen molar-refractivity contribution < 1.29 is 14.7 Å². The Morgan fingerprint density at radius 2 is 2.38 bits per heavy atom. The van der Waals surface area contributed by atoms with Crippen molar-refractivity contribution in [3.05, 3.63) is 0 Å². The van der Waals surface area contributed by atoms with Gasteiger partial charge in [-0.1, -0.05) is 0 Å². The number of ketones is 1. The van der Waals surface area contributed by atoms with E-state index in [1.54, 1.807) is 0 Å². The molecule has 0 aromatic rings. The Morgan fingerprint density at radius 3 is 3.00 bits per heavy atom. The van der Waals surface area contributed by atoms with Crippen molar-refractivity contribution in [3.63, 3.8) is 0 Å². The molecule has 1 atom stereocenters. The van der Waals surface area contributed by atoms with Crippen LogP contribution in [0.2, 0.25) is 0 Å². The Labute approximate surface area is 77.5 Å². The highest BCUT2D eigenvalue weighted by atomic mass is 16.4. The molecule has 1 fully saturated rings. The topological polar surface area (TPSA) is 57.6 Å². The molecule has 0 bridgehead atoms. The highest BCUT2D eigenvalue weighted by Crippen LogP contribution is 2.16. The van der Waals surface area contributed by atoms with Gasteiger partial charge in [0.2, 0.25) is 0 Å². The fourth-order valence-electron chi connectivity index (χ4n) is 1.62. The van der Waals surface area contributed by atoms with Crippen LogP contribution in [0, 0.1) is 5.92 Å². The van der Waals surface area contributed by atoms with Gasteiger partial charge in [0.1, 0.15) is 5.78 Å². The molecule has 0 aliphatic carbocycles. The summed E-state index contributed by atoms with van der Waals surface area (Å²) in [5, 5.41) is 8.47. The van der Waals surface area contributed by atoms with Crippen LogP contribution in [0.25, 0.3) is 0 Å². The number of likely N-dealkylation sites (tertiary alicyclic amines) is 1. The van der Waals surface area contributed by atoms with Crippen molar-refractivity contribution >= 4 is 11.8 Å². The molecule has 1 rings (SSSR count). The van der Waals surface area contributed by atoms with Gasteiger partial charge in [0, 0.05) is 31.8 Å². The van der Waals surface area contributed by atoms with E-state index in [1.807, 2.05) is 7.05 Å². The molecule has 1 saturated heterocycles. The van der Waals surface area contributed by atoms with Gasteiger partial charge < -0.3 is 10.0 Å². The van der Waals surface area contributed by atoms with Gasteiger partial charge in [-0.15, -0.1) is 0 Å². The van der Waals surface area contributed by atoms with Crippen LogP contribution in [0.1, 0.15) is 19.3 Å². The predicted octanol–water partition coefficient (Wildman–Crippen LogP) is 0.372. The molecule has 4 heteroatoms.